The van der Waals surface area contributed by atoms with Gasteiger partial charge < -0.3 is 10.2 Å². The number of amides is 2. The van der Waals surface area contributed by atoms with Gasteiger partial charge >= 0.3 is 0 Å². The Balaban J connectivity index is 1.81. The third-order valence-corrected chi connectivity index (χ3v) is 4.54. The summed E-state index contributed by atoms with van der Waals surface area (Å²) in [6.07, 6.45) is 0.636. The van der Waals surface area contributed by atoms with Crippen molar-refractivity contribution in [2.24, 2.45) is 5.92 Å². The molecule has 2 aromatic rings. The van der Waals surface area contributed by atoms with E-state index in [9.17, 15) is 9.59 Å². The highest BCUT2D eigenvalue weighted by Gasteiger charge is 2.36. The topological polar surface area (TPSA) is 49.4 Å². The molecule has 4 nitrogen and oxygen atoms in total. The SMILES string of the molecule is Cc1ccc(NC(=O)[C@@H](CC(C)C)N2Cc3ccccc3C2=O)cc1. The van der Waals surface area contributed by atoms with E-state index in [1.165, 1.54) is 0 Å². The second kappa shape index (κ2) is 7.09. The first-order chi connectivity index (χ1) is 12.0. The van der Waals surface area contributed by atoms with Gasteiger partial charge in [-0.15, -0.1) is 0 Å². The van der Waals surface area contributed by atoms with Crippen LogP contribution in [0.3, 0.4) is 0 Å². The molecule has 0 saturated heterocycles. The van der Waals surface area contributed by atoms with Gasteiger partial charge in [0.15, 0.2) is 0 Å². The van der Waals surface area contributed by atoms with Gasteiger partial charge in [0.1, 0.15) is 6.04 Å². The molecular weight excluding hydrogens is 312 g/mol. The molecule has 0 fully saturated rings. The lowest BCUT2D eigenvalue weighted by Crippen LogP contribution is -2.45. The molecule has 4 heteroatoms. The predicted octanol–water partition coefficient (Wildman–Crippen LogP) is 4.00. The van der Waals surface area contributed by atoms with Crippen LogP contribution in [0.2, 0.25) is 0 Å². The van der Waals surface area contributed by atoms with Gasteiger partial charge in [-0.2, -0.15) is 0 Å². The number of carbonyl (C=O) groups excluding carboxylic acids is 2. The molecule has 1 atom stereocenters. The van der Waals surface area contributed by atoms with Gasteiger partial charge in [-0.05, 0) is 43.0 Å². The predicted molar refractivity (Wildman–Crippen MR) is 99.4 cm³/mol. The summed E-state index contributed by atoms with van der Waals surface area (Å²) in [5, 5.41) is 2.97. The standard InChI is InChI=1S/C21H24N2O2/c1-14(2)12-19(20(24)22-17-10-8-15(3)9-11-17)23-13-16-6-4-5-7-18(16)21(23)25/h4-11,14,19H,12-13H2,1-3H3,(H,22,24)/t19-/m1/s1. The maximum absolute atomic E-state index is 12.9. The molecule has 0 bridgehead atoms. The maximum atomic E-state index is 12.9. The molecule has 0 radical (unpaired) electrons. The molecule has 0 spiro atoms. The van der Waals surface area contributed by atoms with E-state index >= 15 is 0 Å². The van der Waals surface area contributed by atoms with E-state index in [4.69, 9.17) is 0 Å². The second-order valence-corrected chi connectivity index (χ2v) is 7.09. The molecule has 1 N–H and O–H groups in total. The minimum atomic E-state index is -0.471. The van der Waals surface area contributed by atoms with Crippen LogP contribution in [-0.4, -0.2) is 22.8 Å². The van der Waals surface area contributed by atoms with Gasteiger partial charge in [0.2, 0.25) is 5.91 Å². The Morgan fingerprint density at radius 1 is 1.12 bits per heavy atom. The van der Waals surface area contributed by atoms with E-state index in [0.717, 1.165) is 16.8 Å². The van der Waals surface area contributed by atoms with Crippen molar-refractivity contribution in [1.82, 2.24) is 4.90 Å². The number of hydrogen-bond donors (Lipinski definition) is 1. The minimum Gasteiger partial charge on any atom is -0.324 e. The monoisotopic (exact) mass is 336 g/mol. The Bertz CT molecular complexity index is 781. The fraction of sp³-hybridized carbons (Fsp3) is 0.333. The summed E-state index contributed by atoms with van der Waals surface area (Å²) in [5.41, 5.74) is 3.60. The molecule has 0 aromatic heterocycles. The Morgan fingerprint density at radius 2 is 1.80 bits per heavy atom. The second-order valence-electron chi connectivity index (χ2n) is 7.09. The summed E-state index contributed by atoms with van der Waals surface area (Å²) in [7, 11) is 0. The number of hydrogen-bond acceptors (Lipinski definition) is 2. The van der Waals surface area contributed by atoms with Crippen LogP contribution in [0.25, 0.3) is 0 Å². The van der Waals surface area contributed by atoms with Crippen LogP contribution in [0.15, 0.2) is 48.5 Å². The quantitative estimate of drug-likeness (QED) is 0.897. The number of nitrogens with zero attached hydrogens (tertiary/aromatic N) is 1. The summed E-state index contributed by atoms with van der Waals surface area (Å²) in [4.78, 5) is 27.4. The molecule has 130 valence electrons. The summed E-state index contributed by atoms with van der Waals surface area (Å²) >= 11 is 0. The van der Waals surface area contributed by atoms with Crippen molar-refractivity contribution in [3.05, 3.63) is 65.2 Å². The van der Waals surface area contributed by atoms with E-state index in [0.29, 0.717) is 24.4 Å². The van der Waals surface area contributed by atoms with Gasteiger partial charge in [0, 0.05) is 17.8 Å². The zero-order valence-electron chi connectivity index (χ0n) is 15.0. The van der Waals surface area contributed by atoms with Crippen molar-refractivity contribution in [3.8, 4) is 0 Å². The van der Waals surface area contributed by atoms with Crippen LogP contribution >= 0.6 is 0 Å². The zero-order chi connectivity index (χ0) is 18.0. The summed E-state index contributed by atoms with van der Waals surface area (Å²) in [6, 6.07) is 14.8. The molecule has 1 heterocycles. The Labute approximate surface area is 148 Å². The van der Waals surface area contributed by atoms with Crippen molar-refractivity contribution >= 4 is 17.5 Å². The van der Waals surface area contributed by atoms with Crippen LogP contribution in [0, 0.1) is 12.8 Å². The number of aryl methyl sites for hydroxylation is 1. The Kier molecular flexibility index (Phi) is 4.88. The lowest BCUT2D eigenvalue weighted by Gasteiger charge is -2.28. The van der Waals surface area contributed by atoms with Crippen molar-refractivity contribution in [2.75, 3.05) is 5.32 Å². The molecule has 0 aliphatic carbocycles. The fourth-order valence-electron chi connectivity index (χ4n) is 3.21. The number of rotatable bonds is 5. The van der Waals surface area contributed by atoms with Crippen molar-refractivity contribution in [3.63, 3.8) is 0 Å². The molecular formula is C21H24N2O2. The van der Waals surface area contributed by atoms with Crippen LogP contribution < -0.4 is 5.32 Å². The van der Waals surface area contributed by atoms with Gasteiger partial charge in [0.05, 0.1) is 0 Å². The first kappa shape index (κ1) is 17.2. The summed E-state index contributed by atoms with van der Waals surface area (Å²) < 4.78 is 0. The number of benzene rings is 2. The first-order valence-electron chi connectivity index (χ1n) is 8.72. The highest BCUT2D eigenvalue weighted by molar-refractivity contribution is 6.03. The maximum Gasteiger partial charge on any atom is 0.255 e. The van der Waals surface area contributed by atoms with E-state index < -0.39 is 6.04 Å². The average Bonchev–Trinajstić information content (AvgIpc) is 2.91. The third kappa shape index (κ3) is 3.73. The lowest BCUT2D eigenvalue weighted by atomic mass is 10.0. The van der Waals surface area contributed by atoms with Crippen LogP contribution in [0.1, 0.15) is 41.8 Å². The Morgan fingerprint density at radius 3 is 2.44 bits per heavy atom. The van der Waals surface area contributed by atoms with Crippen molar-refractivity contribution in [2.45, 2.75) is 39.8 Å². The normalized spacial score (nSPS) is 14.6. The van der Waals surface area contributed by atoms with Crippen LogP contribution in [-0.2, 0) is 11.3 Å². The number of nitrogens with one attached hydrogen (secondary N) is 1. The average molecular weight is 336 g/mol. The highest BCUT2D eigenvalue weighted by atomic mass is 16.2. The van der Waals surface area contributed by atoms with Crippen molar-refractivity contribution in [1.29, 1.82) is 0 Å². The molecule has 1 aliphatic heterocycles. The van der Waals surface area contributed by atoms with E-state index in [1.54, 1.807) is 4.90 Å². The van der Waals surface area contributed by atoms with Gasteiger partial charge in [-0.25, -0.2) is 0 Å². The van der Waals surface area contributed by atoms with Gasteiger partial charge in [0.25, 0.3) is 5.91 Å². The molecule has 3 rings (SSSR count). The fourth-order valence-corrected chi connectivity index (χ4v) is 3.21. The molecule has 0 unspecified atom stereocenters. The van der Waals surface area contributed by atoms with Crippen molar-refractivity contribution < 1.29 is 9.59 Å². The molecule has 25 heavy (non-hydrogen) atoms. The number of carbonyl (C=O) groups is 2. The van der Waals surface area contributed by atoms with E-state index in [-0.39, 0.29) is 11.8 Å². The molecule has 2 aromatic carbocycles. The van der Waals surface area contributed by atoms with E-state index in [2.05, 4.69) is 19.2 Å². The zero-order valence-corrected chi connectivity index (χ0v) is 15.0. The smallest absolute Gasteiger partial charge is 0.255 e. The first-order valence-corrected chi connectivity index (χ1v) is 8.72. The number of anilines is 1. The molecule has 2 amide bonds. The van der Waals surface area contributed by atoms with Gasteiger partial charge in [-0.1, -0.05) is 49.7 Å². The summed E-state index contributed by atoms with van der Waals surface area (Å²) in [5.74, 6) is 0.129. The lowest BCUT2D eigenvalue weighted by molar-refractivity contribution is -0.121. The molecule has 1 aliphatic rings. The summed E-state index contributed by atoms with van der Waals surface area (Å²) in [6.45, 7) is 6.64. The third-order valence-electron chi connectivity index (χ3n) is 4.54. The van der Waals surface area contributed by atoms with Crippen LogP contribution in [0.4, 0.5) is 5.69 Å². The van der Waals surface area contributed by atoms with Gasteiger partial charge in [-0.3, -0.25) is 9.59 Å². The largest absolute Gasteiger partial charge is 0.324 e. The molecule has 0 saturated carbocycles. The Hall–Kier alpha value is -2.62. The van der Waals surface area contributed by atoms with E-state index in [1.807, 2.05) is 55.5 Å². The highest BCUT2D eigenvalue weighted by Crippen LogP contribution is 2.27. The van der Waals surface area contributed by atoms with Crippen LogP contribution in [0.5, 0.6) is 0 Å². The minimum absolute atomic E-state index is 0.0553. The number of fused-ring (bicyclic) bond motifs is 1.